The summed E-state index contributed by atoms with van der Waals surface area (Å²) in [5.41, 5.74) is 2.17. The number of amides is 1. The number of aryl methyl sites for hydroxylation is 2. The number of nitrogens with zero attached hydrogens (tertiary/aromatic N) is 6. The van der Waals surface area contributed by atoms with Crippen LogP contribution in [0.25, 0.3) is 11.0 Å². The molecule has 0 saturated heterocycles. The first-order chi connectivity index (χ1) is 11.5. The van der Waals surface area contributed by atoms with Crippen LogP contribution in [-0.2, 0) is 13.6 Å². The second-order valence-corrected chi connectivity index (χ2v) is 6.10. The molecule has 24 heavy (non-hydrogen) atoms. The van der Waals surface area contributed by atoms with Crippen molar-refractivity contribution < 1.29 is 4.79 Å². The van der Waals surface area contributed by atoms with Gasteiger partial charge in [0.25, 0.3) is 5.91 Å². The van der Waals surface area contributed by atoms with Crippen LogP contribution in [0.15, 0.2) is 18.6 Å². The standard InChI is InChI=1S/C16H21N7O/c1-10(2)14-20-19-9-23(14)6-5-17-16(24)12-7-13-11(3)21-22(4)15(13)18-8-12/h7-10H,5-6H2,1-4H3,(H,17,24). The van der Waals surface area contributed by atoms with E-state index in [1.807, 2.05) is 24.6 Å². The van der Waals surface area contributed by atoms with Crippen LogP contribution >= 0.6 is 0 Å². The van der Waals surface area contributed by atoms with Gasteiger partial charge in [0.2, 0.25) is 0 Å². The topological polar surface area (TPSA) is 90.5 Å². The lowest BCUT2D eigenvalue weighted by Gasteiger charge is -2.10. The van der Waals surface area contributed by atoms with E-state index in [9.17, 15) is 4.79 Å². The number of pyridine rings is 1. The lowest BCUT2D eigenvalue weighted by molar-refractivity contribution is 0.0952. The van der Waals surface area contributed by atoms with Gasteiger partial charge in [0.05, 0.1) is 11.3 Å². The fourth-order valence-corrected chi connectivity index (χ4v) is 2.71. The molecule has 8 heteroatoms. The van der Waals surface area contributed by atoms with Gasteiger partial charge in [-0.05, 0) is 13.0 Å². The van der Waals surface area contributed by atoms with Gasteiger partial charge in [-0.15, -0.1) is 10.2 Å². The Hall–Kier alpha value is -2.77. The maximum atomic E-state index is 12.3. The number of rotatable bonds is 5. The highest BCUT2D eigenvalue weighted by atomic mass is 16.1. The third kappa shape index (κ3) is 2.99. The highest BCUT2D eigenvalue weighted by Crippen LogP contribution is 2.16. The molecule has 126 valence electrons. The quantitative estimate of drug-likeness (QED) is 0.765. The van der Waals surface area contributed by atoms with Gasteiger partial charge < -0.3 is 9.88 Å². The van der Waals surface area contributed by atoms with Crippen molar-refractivity contribution in [2.24, 2.45) is 7.05 Å². The van der Waals surface area contributed by atoms with Crippen molar-refractivity contribution in [3.63, 3.8) is 0 Å². The van der Waals surface area contributed by atoms with Crippen molar-refractivity contribution in [3.05, 3.63) is 35.7 Å². The molecule has 0 saturated carbocycles. The van der Waals surface area contributed by atoms with E-state index < -0.39 is 0 Å². The predicted molar refractivity (Wildman–Crippen MR) is 89.7 cm³/mol. The van der Waals surface area contributed by atoms with Crippen LogP contribution in [0.2, 0.25) is 0 Å². The van der Waals surface area contributed by atoms with E-state index in [4.69, 9.17) is 0 Å². The number of hydrogen-bond donors (Lipinski definition) is 1. The first-order valence-electron chi connectivity index (χ1n) is 7.92. The third-order valence-electron chi connectivity index (χ3n) is 3.93. The Morgan fingerprint density at radius 2 is 2.17 bits per heavy atom. The first-order valence-corrected chi connectivity index (χ1v) is 7.92. The van der Waals surface area contributed by atoms with Crippen molar-refractivity contribution in [2.45, 2.75) is 33.2 Å². The summed E-state index contributed by atoms with van der Waals surface area (Å²) < 4.78 is 3.67. The van der Waals surface area contributed by atoms with Crippen molar-refractivity contribution in [1.82, 2.24) is 34.8 Å². The smallest absolute Gasteiger partial charge is 0.252 e. The number of fused-ring (bicyclic) bond motifs is 1. The zero-order valence-electron chi connectivity index (χ0n) is 14.3. The Kier molecular flexibility index (Phi) is 4.28. The minimum Gasteiger partial charge on any atom is -0.350 e. The molecule has 3 aromatic rings. The van der Waals surface area contributed by atoms with E-state index >= 15 is 0 Å². The number of aromatic nitrogens is 6. The summed E-state index contributed by atoms with van der Waals surface area (Å²) in [6, 6.07) is 1.83. The number of carbonyl (C=O) groups is 1. The normalized spacial score (nSPS) is 11.4. The molecule has 1 amide bonds. The van der Waals surface area contributed by atoms with Crippen LogP contribution in [0.1, 0.15) is 41.6 Å². The Morgan fingerprint density at radius 1 is 1.38 bits per heavy atom. The molecule has 3 aromatic heterocycles. The minimum atomic E-state index is -0.146. The Balaban J connectivity index is 1.67. The van der Waals surface area contributed by atoms with Crippen LogP contribution in [0.4, 0.5) is 0 Å². The molecule has 0 aliphatic heterocycles. The predicted octanol–water partition coefficient (Wildman–Crippen LogP) is 1.42. The maximum Gasteiger partial charge on any atom is 0.252 e. The largest absolute Gasteiger partial charge is 0.350 e. The van der Waals surface area contributed by atoms with Gasteiger partial charge in [0.1, 0.15) is 12.2 Å². The van der Waals surface area contributed by atoms with Gasteiger partial charge in [0, 0.05) is 37.6 Å². The van der Waals surface area contributed by atoms with E-state index in [0.717, 1.165) is 22.6 Å². The molecule has 0 aliphatic carbocycles. The van der Waals surface area contributed by atoms with E-state index in [1.54, 1.807) is 17.2 Å². The van der Waals surface area contributed by atoms with Gasteiger partial charge in [-0.2, -0.15) is 5.10 Å². The SMILES string of the molecule is Cc1nn(C)c2ncc(C(=O)NCCn3cnnc3C(C)C)cc12. The van der Waals surface area contributed by atoms with Crippen molar-refractivity contribution >= 4 is 16.9 Å². The highest BCUT2D eigenvalue weighted by Gasteiger charge is 2.12. The lowest BCUT2D eigenvalue weighted by atomic mass is 10.2. The summed E-state index contributed by atoms with van der Waals surface area (Å²) in [5.74, 6) is 1.06. The molecule has 3 heterocycles. The summed E-state index contributed by atoms with van der Waals surface area (Å²) >= 11 is 0. The summed E-state index contributed by atoms with van der Waals surface area (Å²) in [7, 11) is 1.84. The van der Waals surface area contributed by atoms with Crippen LogP contribution in [0.5, 0.6) is 0 Å². The first kappa shape index (κ1) is 16.1. The van der Waals surface area contributed by atoms with Crippen LogP contribution < -0.4 is 5.32 Å². The molecule has 0 unspecified atom stereocenters. The Morgan fingerprint density at radius 3 is 2.92 bits per heavy atom. The Bertz CT molecular complexity index is 878. The Labute approximate surface area is 139 Å². The third-order valence-corrected chi connectivity index (χ3v) is 3.93. The summed E-state index contributed by atoms with van der Waals surface area (Å²) in [6.07, 6.45) is 3.27. The summed E-state index contributed by atoms with van der Waals surface area (Å²) in [6.45, 7) is 7.17. The zero-order valence-corrected chi connectivity index (χ0v) is 14.3. The van der Waals surface area contributed by atoms with E-state index in [-0.39, 0.29) is 5.91 Å². The molecule has 3 rings (SSSR count). The number of nitrogens with one attached hydrogen (secondary N) is 1. The second kappa shape index (κ2) is 6.38. The summed E-state index contributed by atoms with van der Waals surface area (Å²) in [5, 5.41) is 16.1. The van der Waals surface area contributed by atoms with Crippen LogP contribution in [0, 0.1) is 6.92 Å². The lowest BCUT2D eigenvalue weighted by Crippen LogP contribution is -2.27. The minimum absolute atomic E-state index is 0.146. The molecule has 0 aliphatic rings. The van der Waals surface area contributed by atoms with Crippen LogP contribution in [-0.4, -0.2) is 42.0 Å². The summed E-state index contributed by atoms with van der Waals surface area (Å²) in [4.78, 5) is 16.7. The van der Waals surface area contributed by atoms with Crippen molar-refractivity contribution in [2.75, 3.05) is 6.54 Å². The molecular weight excluding hydrogens is 306 g/mol. The zero-order chi connectivity index (χ0) is 17.3. The number of carbonyl (C=O) groups excluding carboxylic acids is 1. The molecule has 0 aromatic carbocycles. The maximum absolute atomic E-state index is 12.3. The van der Waals surface area contributed by atoms with Gasteiger partial charge in [-0.25, -0.2) is 4.98 Å². The second-order valence-electron chi connectivity index (χ2n) is 6.10. The molecular formula is C16H21N7O. The molecule has 0 spiro atoms. The van der Waals surface area contributed by atoms with Gasteiger partial charge in [0.15, 0.2) is 5.65 Å². The van der Waals surface area contributed by atoms with Crippen molar-refractivity contribution in [3.8, 4) is 0 Å². The highest BCUT2D eigenvalue weighted by molar-refractivity contribution is 5.97. The average Bonchev–Trinajstić information content (AvgIpc) is 3.12. The molecule has 0 radical (unpaired) electrons. The fraction of sp³-hybridized carbons (Fsp3) is 0.438. The van der Waals surface area contributed by atoms with Gasteiger partial charge >= 0.3 is 0 Å². The number of hydrogen-bond acceptors (Lipinski definition) is 5. The van der Waals surface area contributed by atoms with Gasteiger partial charge in [-0.3, -0.25) is 9.48 Å². The average molecular weight is 327 g/mol. The molecule has 0 atom stereocenters. The van der Waals surface area contributed by atoms with Gasteiger partial charge in [-0.1, -0.05) is 13.8 Å². The van der Waals surface area contributed by atoms with Crippen molar-refractivity contribution in [1.29, 1.82) is 0 Å². The van der Waals surface area contributed by atoms with E-state index in [0.29, 0.717) is 24.6 Å². The molecule has 8 nitrogen and oxygen atoms in total. The van der Waals surface area contributed by atoms with Crippen LogP contribution in [0.3, 0.4) is 0 Å². The van der Waals surface area contributed by atoms with E-state index in [2.05, 4.69) is 39.4 Å². The molecule has 0 fully saturated rings. The fourth-order valence-electron chi connectivity index (χ4n) is 2.71. The monoisotopic (exact) mass is 327 g/mol. The molecule has 0 bridgehead atoms. The molecule has 1 N–H and O–H groups in total. The van der Waals surface area contributed by atoms with E-state index in [1.165, 1.54) is 0 Å².